The number of fused-ring (bicyclic) bond motifs is 1. The fourth-order valence-corrected chi connectivity index (χ4v) is 4.19. The average Bonchev–Trinajstić information content (AvgIpc) is 3.26. The highest BCUT2D eigenvalue weighted by molar-refractivity contribution is 6.02. The molecule has 0 bridgehead atoms. The van der Waals surface area contributed by atoms with E-state index in [4.69, 9.17) is 14.3 Å². The Morgan fingerprint density at radius 3 is 2.16 bits per heavy atom. The number of ether oxygens (including phenoxy) is 2. The Morgan fingerprint density at radius 1 is 0.895 bits per heavy atom. The zero-order valence-corrected chi connectivity index (χ0v) is 21.7. The molecule has 4 aromatic rings. The maximum absolute atomic E-state index is 13.9. The molecule has 3 aromatic carbocycles. The summed E-state index contributed by atoms with van der Waals surface area (Å²) in [5.74, 6) is -0.641. The van der Waals surface area contributed by atoms with Gasteiger partial charge in [0.25, 0.3) is 5.91 Å². The van der Waals surface area contributed by atoms with Crippen molar-refractivity contribution in [2.75, 3.05) is 26.1 Å². The van der Waals surface area contributed by atoms with Gasteiger partial charge in [0, 0.05) is 18.9 Å². The monoisotopic (exact) mass is 515 g/mol. The van der Waals surface area contributed by atoms with Crippen molar-refractivity contribution in [2.24, 2.45) is 0 Å². The molecule has 0 aliphatic carbocycles. The first-order valence-corrected chi connectivity index (χ1v) is 12.0. The number of methoxy groups -OCH3 is 2. The number of hydrogen-bond acceptors (Lipinski definition) is 6. The van der Waals surface area contributed by atoms with Gasteiger partial charge in [0.2, 0.25) is 5.91 Å². The first-order chi connectivity index (χ1) is 18.3. The van der Waals surface area contributed by atoms with Crippen LogP contribution in [-0.4, -0.2) is 48.2 Å². The van der Waals surface area contributed by atoms with Crippen molar-refractivity contribution in [3.8, 4) is 11.5 Å². The highest BCUT2D eigenvalue weighted by Gasteiger charge is 2.26. The van der Waals surface area contributed by atoms with Crippen molar-refractivity contribution in [1.29, 1.82) is 0 Å². The third kappa shape index (κ3) is 5.78. The first kappa shape index (κ1) is 26.3. The fraction of sp³-hybridized carbons (Fsp3) is 0.207. The molecule has 196 valence electrons. The minimum Gasteiger partial charge on any atom is -0.494 e. The van der Waals surface area contributed by atoms with Gasteiger partial charge < -0.3 is 24.5 Å². The number of nitrogens with zero attached hydrogens (tertiary/aromatic N) is 2. The number of rotatable bonds is 9. The Hall–Kier alpha value is -4.79. The standard InChI is InChI=1S/C29H29N3O6/c1-19-14-25(36-3)28(26(15-19)37-4)30-27(34)18-31(17-21-10-6-5-7-11-21)29(35)24-16-22-12-8-9-13-23(22)32(24)38-20(2)33/h5-16H,17-18H2,1-4H3,(H,30,34). The Morgan fingerprint density at radius 2 is 1.53 bits per heavy atom. The second-order valence-electron chi connectivity index (χ2n) is 8.71. The van der Waals surface area contributed by atoms with Gasteiger partial charge in [-0.25, -0.2) is 4.79 Å². The highest BCUT2D eigenvalue weighted by atomic mass is 16.7. The Balaban J connectivity index is 1.69. The zero-order valence-electron chi connectivity index (χ0n) is 21.7. The van der Waals surface area contributed by atoms with E-state index < -0.39 is 17.8 Å². The smallest absolute Gasteiger partial charge is 0.329 e. The number of aromatic nitrogens is 1. The summed E-state index contributed by atoms with van der Waals surface area (Å²) in [6, 6.07) is 21.7. The van der Waals surface area contributed by atoms with Gasteiger partial charge in [0.05, 0.1) is 19.7 Å². The predicted molar refractivity (Wildman–Crippen MR) is 143 cm³/mol. The molecule has 0 saturated carbocycles. The van der Waals surface area contributed by atoms with Crippen molar-refractivity contribution in [1.82, 2.24) is 9.63 Å². The molecule has 0 unspecified atom stereocenters. The third-order valence-electron chi connectivity index (χ3n) is 5.86. The molecule has 9 heteroatoms. The summed E-state index contributed by atoms with van der Waals surface area (Å²) in [5.41, 5.74) is 2.77. The summed E-state index contributed by atoms with van der Waals surface area (Å²) in [6.45, 7) is 3.02. The van der Waals surface area contributed by atoms with Crippen LogP contribution in [0.2, 0.25) is 0 Å². The molecular weight excluding hydrogens is 486 g/mol. The Kier molecular flexibility index (Phi) is 7.96. The van der Waals surface area contributed by atoms with Crippen molar-refractivity contribution in [3.05, 3.63) is 89.6 Å². The van der Waals surface area contributed by atoms with Crippen LogP contribution in [0.4, 0.5) is 5.69 Å². The maximum atomic E-state index is 13.9. The second-order valence-corrected chi connectivity index (χ2v) is 8.71. The predicted octanol–water partition coefficient (Wildman–Crippen LogP) is 4.22. The molecule has 2 amide bonds. The van der Waals surface area contributed by atoms with E-state index in [2.05, 4.69) is 5.32 Å². The molecule has 0 radical (unpaired) electrons. The number of carbonyl (C=O) groups excluding carboxylic acids is 3. The van der Waals surface area contributed by atoms with E-state index in [-0.39, 0.29) is 18.8 Å². The summed E-state index contributed by atoms with van der Waals surface area (Å²) < 4.78 is 12.1. The number of anilines is 1. The quantitative estimate of drug-likeness (QED) is 0.358. The zero-order chi connectivity index (χ0) is 27.2. The van der Waals surface area contributed by atoms with Crippen molar-refractivity contribution in [3.63, 3.8) is 0 Å². The number of benzene rings is 3. The number of amides is 2. The molecule has 0 fully saturated rings. The lowest BCUT2D eigenvalue weighted by molar-refractivity contribution is -0.141. The number of carbonyl (C=O) groups is 3. The van der Waals surface area contributed by atoms with E-state index in [1.165, 1.54) is 30.8 Å². The van der Waals surface area contributed by atoms with Crippen LogP contribution in [0.3, 0.4) is 0 Å². The second kappa shape index (κ2) is 11.5. The lowest BCUT2D eigenvalue weighted by atomic mass is 10.1. The van der Waals surface area contributed by atoms with Gasteiger partial charge in [-0.2, -0.15) is 4.73 Å². The summed E-state index contributed by atoms with van der Waals surface area (Å²) in [4.78, 5) is 45.8. The summed E-state index contributed by atoms with van der Waals surface area (Å²) in [7, 11) is 3.01. The molecular formula is C29H29N3O6. The lowest BCUT2D eigenvalue weighted by Gasteiger charge is -2.23. The van der Waals surface area contributed by atoms with Gasteiger partial charge in [0.1, 0.15) is 29.4 Å². The van der Waals surface area contributed by atoms with Crippen LogP contribution in [0.25, 0.3) is 10.9 Å². The van der Waals surface area contributed by atoms with E-state index in [9.17, 15) is 14.4 Å². The number of hydrogen-bond donors (Lipinski definition) is 1. The van der Waals surface area contributed by atoms with E-state index in [0.29, 0.717) is 22.7 Å². The highest BCUT2D eigenvalue weighted by Crippen LogP contribution is 2.36. The number of aryl methyl sites for hydroxylation is 1. The van der Waals surface area contributed by atoms with Crippen LogP contribution < -0.4 is 19.6 Å². The molecule has 1 N–H and O–H groups in total. The third-order valence-corrected chi connectivity index (χ3v) is 5.86. The molecule has 9 nitrogen and oxygen atoms in total. The van der Waals surface area contributed by atoms with Crippen molar-refractivity contribution >= 4 is 34.4 Å². The van der Waals surface area contributed by atoms with Crippen LogP contribution in [0.1, 0.15) is 28.5 Å². The van der Waals surface area contributed by atoms with Crippen LogP contribution in [0.5, 0.6) is 11.5 Å². The summed E-state index contributed by atoms with van der Waals surface area (Å²) in [5, 5.41) is 3.55. The van der Waals surface area contributed by atoms with E-state index >= 15 is 0 Å². The Bertz CT molecular complexity index is 1450. The summed E-state index contributed by atoms with van der Waals surface area (Å²) >= 11 is 0. The van der Waals surface area contributed by atoms with Gasteiger partial charge in [0.15, 0.2) is 0 Å². The normalized spacial score (nSPS) is 10.6. The van der Waals surface area contributed by atoms with Gasteiger partial charge in [-0.1, -0.05) is 48.5 Å². The van der Waals surface area contributed by atoms with Gasteiger partial charge in [-0.05, 0) is 42.3 Å². The van der Waals surface area contributed by atoms with Crippen molar-refractivity contribution < 1.29 is 28.7 Å². The molecule has 1 heterocycles. The molecule has 0 saturated heterocycles. The van der Waals surface area contributed by atoms with Crippen molar-refractivity contribution in [2.45, 2.75) is 20.4 Å². The first-order valence-electron chi connectivity index (χ1n) is 12.0. The Labute approximate surface area is 220 Å². The van der Waals surface area contributed by atoms with Gasteiger partial charge in [-0.15, -0.1) is 0 Å². The molecule has 38 heavy (non-hydrogen) atoms. The van der Waals surface area contributed by atoms with Gasteiger partial charge in [-0.3, -0.25) is 9.59 Å². The van der Waals surface area contributed by atoms with E-state index in [1.807, 2.05) is 49.4 Å². The molecule has 1 aromatic heterocycles. The topological polar surface area (TPSA) is 99.1 Å². The fourth-order valence-electron chi connectivity index (χ4n) is 4.19. The molecule has 0 atom stereocenters. The lowest BCUT2D eigenvalue weighted by Crippen LogP contribution is -2.39. The summed E-state index contributed by atoms with van der Waals surface area (Å²) in [6.07, 6.45) is 0. The average molecular weight is 516 g/mol. The molecule has 0 spiro atoms. The number of nitrogens with one attached hydrogen (secondary N) is 1. The molecule has 0 aliphatic rings. The van der Waals surface area contributed by atoms with Gasteiger partial charge >= 0.3 is 5.97 Å². The molecule has 4 rings (SSSR count). The van der Waals surface area contributed by atoms with Crippen LogP contribution in [0, 0.1) is 6.92 Å². The van der Waals surface area contributed by atoms with Crippen LogP contribution in [-0.2, 0) is 16.1 Å². The largest absolute Gasteiger partial charge is 0.494 e. The SMILES string of the molecule is COc1cc(C)cc(OC)c1NC(=O)CN(Cc1ccccc1)C(=O)c1cc2ccccc2n1OC(C)=O. The van der Waals surface area contributed by atoms with Crippen LogP contribution >= 0.6 is 0 Å². The van der Waals surface area contributed by atoms with E-state index in [0.717, 1.165) is 16.5 Å². The minimum atomic E-state index is -0.577. The number of para-hydroxylation sites is 1. The van der Waals surface area contributed by atoms with Crippen LogP contribution in [0.15, 0.2) is 72.8 Å². The van der Waals surface area contributed by atoms with E-state index in [1.54, 1.807) is 30.3 Å². The maximum Gasteiger partial charge on any atom is 0.329 e. The molecule has 0 aliphatic heterocycles. The minimum absolute atomic E-state index is 0.121.